The van der Waals surface area contributed by atoms with Gasteiger partial charge in [-0.05, 0) is 37.5 Å². The van der Waals surface area contributed by atoms with Crippen molar-refractivity contribution in [2.75, 3.05) is 6.61 Å². The van der Waals surface area contributed by atoms with Crippen LogP contribution in [0.3, 0.4) is 0 Å². The summed E-state index contributed by atoms with van der Waals surface area (Å²) in [7, 11) is 0. The molecule has 0 aromatic heterocycles. The molecule has 0 saturated carbocycles. The van der Waals surface area contributed by atoms with E-state index in [-0.39, 0.29) is 5.84 Å². The van der Waals surface area contributed by atoms with Crippen molar-refractivity contribution < 1.29 is 9.94 Å². The maximum absolute atomic E-state index is 8.73. The molecule has 0 amide bonds. The van der Waals surface area contributed by atoms with E-state index in [4.69, 9.17) is 15.7 Å². The van der Waals surface area contributed by atoms with Gasteiger partial charge in [0, 0.05) is 0 Å². The van der Waals surface area contributed by atoms with Crippen molar-refractivity contribution >= 4 is 5.84 Å². The summed E-state index contributed by atoms with van der Waals surface area (Å²) >= 11 is 0. The Labute approximate surface area is 95.7 Å². The van der Waals surface area contributed by atoms with Crippen LogP contribution in [0.2, 0.25) is 0 Å². The summed E-state index contributed by atoms with van der Waals surface area (Å²) < 4.78 is 5.62. The molecule has 0 aliphatic carbocycles. The number of nitrogens with two attached hydrogens (primary N) is 1. The van der Waals surface area contributed by atoms with Gasteiger partial charge in [-0.25, -0.2) is 0 Å². The van der Waals surface area contributed by atoms with Gasteiger partial charge in [0.2, 0.25) is 0 Å². The molecule has 0 radical (unpaired) electrons. The van der Waals surface area contributed by atoms with E-state index < -0.39 is 0 Å². The Morgan fingerprint density at radius 1 is 1.44 bits per heavy atom. The third-order valence-corrected chi connectivity index (χ3v) is 2.25. The van der Waals surface area contributed by atoms with Gasteiger partial charge < -0.3 is 15.7 Å². The topological polar surface area (TPSA) is 67.8 Å². The van der Waals surface area contributed by atoms with Crippen LogP contribution < -0.4 is 10.5 Å². The van der Waals surface area contributed by atoms with Crippen LogP contribution >= 0.6 is 0 Å². The quantitative estimate of drug-likeness (QED) is 0.355. The standard InChI is InChI=1S/C12H18N2O2/c1-4-5-16-11-9(3)6-8(2)7-10(11)12(13)14-15/h6-7,15H,4-5H2,1-3H3,(H2,13,14). The van der Waals surface area contributed by atoms with Crippen molar-refractivity contribution in [2.45, 2.75) is 27.2 Å². The molecule has 0 saturated heterocycles. The Hall–Kier alpha value is -1.71. The second-order valence-electron chi connectivity index (χ2n) is 3.79. The Bertz CT molecular complexity index is 400. The van der Waals surface area contributed by atoms with Gasteiger partial charge in [-0.2, -0.15) is 0 Å². The zero-order chi connectivity index (χ0) is 12.1. The van der Waals surface area contributed by atoms with Crippen LogP contribution in [0.1, 0.15) is 30.0 Å². The van der Waals surface area contributed by atoms with Gasteiger partial charge in [-0.15, -0.1) is 0 Å². The van der Waals surface area contributed by atoms with E-state index in [0.717, 1.165) is 17.5 Å². The van der Waals surface area contributed by atoms with E-state index in [2.05, 4.69) is 5.16 Å². The van der Waals surface area contributed by atoms with E-state index in [0.29, 0.717) is 17.9 Å². The van der Waals surface area contributed by atoms with Gasteiger partial charge in [0.1, 0.15) is 5.75 Å². The maximum atomic E-state index is 8.73. The zero-order valence-electron chi connectivity index (χ0n) is 9.95. The molecule has 16 heavy (non-hydrogen) atoms. The largest absolute Gasteiger partial charge is 0.493 e. The van der Waals surface area contributed by atoms with Crippen LogP contribution in [0.25, 0.3) is 0 Å². The van der Waals surface area contributed by atoms with Crippen molar-refractivity contribution in [1.82, 2.24) is 0 Å². The summed E-state index contributed by atoms with van der Waals surface area (Å²) in [5, 5.41) is 11.8. The highest BCUT2D eigenvalue weighted by molar-refractivity contribution is 6.00. The van der Waals surface area contributed by atoms with Gasteiger partial charge in [0.15, 0.2) is 5.84 Å². The number of nitrogens with zero attached hydrogens (tertiary/aromatic N) is 1. The predicted molar refractivity (Wildman–Crippen MR) is 64.2 cm³/mol. The number of amidine groups is 1. The average Bonchev–Trinajstić information content (AvgIpc) is 2.26. The lowest BCUT2D eigenvalue weighted by molar-refractivity contribution is 0.310. The number of benzene rings is 1. The lowest BCUT2D eigenvalue weighted by atomic mass is 10.0. The Balaban J connectivity index is 3.21. The molecular weight excluding hydrogens is 204 g/mol. The van der Waals surface area contributed by atoms with E-state index in [1.807, 2.05) is 32.9 Å². The van der Waals surface area contributed by atoms with E-state index in [9.17, 15) is 0 Å². The molecule has 0 fully saturated rings. The normalized spacial score (nSPS) is 11.6. The van der Waals surface area contributed by atoms with Gasteiger partial charge in [0.25, 0.3) is 0 Å². The summed E-state index contributed by atoms with van der Waals surface area (Å²) in [6.45, 7) is 6.57. The third kappa shape index (κ3) is 2.66. The van der Waals surface area contributed by atoms with Crippen LogP contribution in [0, 0.1) is 13.8 Å². The number of hydrogen-bond donors (Lipinski definition) is 2. The van der Waals surface area contributed by atoms with Gasteiger partial charge >= 0.3 is 0 Å². The number of aryl methyl sites for hydroxylation is 2. The van der Waals surface area contributed by atoms with Crippen molar-refractivity contribution in [1.29, 1.82) is 0 Å². The number of ether oxygens (including phenoxy) is 1. The number of rotatable bonds is 4. The molecular formula is C12H18N2O2. The number of hydrogen-bond acceptors (Lipinski definition) is 3. The van der Waals surface area contributed by atoms with Crippen LogP contribution in [-0.2, 0) is 0 Å². The summed E-state index contributed by atoms with van der Waals surface area (Å²) in [5.74, 6) is 0.778. The fraction of sp³-hybridized carbons (Fsp3) is 0.417. The fourth-order valence-electron chi connectivity index (χ4n) is 1.59. The molecule has 0 atom stereocenters. The van der Waals surface area contributed by atoms with Gasteiger partial charge in [-0.3, -0.25) is 0 Å². The van der Waals surface area contributed by atoms with Gasteiger partial charge in [-0.1, -0.05) is 18.1 Å². The molecule has 88 valence electrons. The second-order valence-corrected chi connectivity index (χ2v) is 3.79. The highest BCUT2D eigenvalue weighted by Crippen LogP contribution is 2.25. The molecule has 1 aromatic rings. The first-order chi connectivity index (χ1) is 7.60. The molecule has 0 bridgehead atoms. The molecule has 0 spiro atoms. The van der Waals surface area contributed by atoms with Crippen LogP contribution in [0.15, 0.2) is 17.3 Å². The Kier molecular flexibility index (Phi) is 4.17. The van der Waals surface area contributed by atoms with E-state index in [1.54, 1.807) is 0 Å². The van der Waals surface area contributed by atoms with E-state index in [1.165, 1.54) is 0 Å². The van der Waals surface area contributed by atoms with Gasteiger partial charge in [0.05, 0.1) is 12.2 Å². The van der Waals surface area contributed by atoms with Crippen LogP contribution in [0.4, 0.5) is 0 Å². The lowest BCUT2D eigenvalue weighted by Crippen LogP contribution is -2.16. The fourth-order valence-corrected chi connectivity index (χ4v) is 1.59. The molecule has 0 heterocycles. The highest BCUT2D eigenvalue weighted by Gasteiger charge is 2.12. The molecule has 0 aliphatic rings. The molecule has 3 N–H and O–H groups in total. The van der Waals surface area contributed by atoms with Crippen molar-refractivity contribution in [3.63, 3.8) is 0 Å². The van der Waals surface area contributed by atoms with Crippen LogP contribution in [-0.4, -0.2) is 17.6 Å². The summed E-state index contributed by atoms with van der Waals surface area (Å²) in [4.78, 5) is 0. The molecule has 1 aromatic carbocycles. The Morgan fingerprint density at radius 2 is 2.12 bits per heavy atom. The molecule has 0 aliphatic heterocycles. The molecule has 4 nitrogen and oxygen atoms in total. The summed E-state index contributed by atoms with van der Waals surface area (Å²) in [6, 6.07) is 3.87. The van der Waals surface area contributed by atoms with Crippen LogP contribution in [0.5, 0.6) is 5.75 Å². The third-order valence-electron chi connectivity index (χ3n) is 2.25. The minimum Gasteiger partial charge on any atom is -0.493 e. The SMILES string of the molecule is CCCOc1c(C)cc(C)cc1/C(N)=N/O. The first-order valence-corrected chi connectivity index (χ1v) is 5.32. The first kappa shape index (κ1) is 12.4. The predicted octanol–water partition coefficient (Wildman–Crippen LogP) is 2.19. The molecule has 1 rings (SSSR count). The zero-order valence-corrected chi connectivity index (χ0v) is 9.95. The van der Waals surface area contributed by atoms with Crippen molar-refractivity contribution in [3.05, 3.63) is 28.8 Å². The Morgan fingerprint density at radius 3 is 2.69 bits per heavy atom. The molecule has 4 heteroatoms. The highest BCUT2D eigenvalue weighted by atomic mass is 16.5. The smallest absolute Gasteiger partial charge is 0.173 e. The monoisotopic (exact) mass is 222 g/mol. The summed E-state index contributed by atoms with van der Waals surface area (Å²) in [6.07, 6.45) is 0.920. The maximum Gasteiger partial charge on any atom is 0.173 e. The minimum atomic E-state index is 0.0814. The first-order valence-electron chi connectivity index (χ1n) is 5.32. The number of oxime groups is 1. The molecule has 0 unspecified atom stereocenters. The van der Waals surface area contributed by atoms with Crippen molar-refractivity contribution in [3.8, 4) is 5.75 Å². The summed E-state index contributed by atoms with van der Waals surface area (Å²) in [5.41, 5.74) is 8.33. The van der Waals surface area contributed by atoms with E-state index >= 15 is 0 Å². The average molecular weight is 222 g/mol. The second kappa shape index (κ2) is 5.39. The lowest BCUT2D eigenvalue weighted by Gasteiger charge is -2.13. The minimum absolute atomic E-state index is 0.0814. The van der Waals surface area contributed by atoms with Crippen molar-refractivity contribution in [2.24, 2.45) is 10.9 Å².